The Labute approximate surface area is 103 Å². The molecule has 0 radical (unpaired) electrons. The van der Waals surface area contributed by atoms with E-state index in [0.717, 1.165) is 19.3 Å². The lowest BCUT2D eigenvalue weighted by atomic mass is 9.93. The number of hydrogen-bond donors (Lipinski definition) is 0. The van der Waals surface area contributed by atoms with Gasteiger partial charge in [0.1, 0.15) is 0 Å². The maximum absolute atomic E-state index is 12.0. The summed E-state index contributed by atoms with van der Waals surface area (Å²) < 4.78 is 4.83. The van der Waals surface area contributed by atoms with E-state index in [0.29, 0.717) is 13.2 Å². The van der Waals surface area contributed by atoms with Crippen molar-refractivity contribution in [3.63, 3.8) is 0 Å². The smallest absolute Gasteiger partial charge is 0.307 e. The van der Waals surface area contributed by atoms with Gasteiger partial charge in [0.15, 0.2) is 0 Å². The van der Waals surface area contributed by atoms with Crippen LogP contribution in [0.4, 0.5) is 0 Å². The van der Waals surface area contributed by atoms with Gasteiger partial charge in [0.05, 0.1) is 13.0 Å². The van der Waals surface area contributed by atoms with E-state index in [2.05, 4.69) is 12.2 Å². The molecule has 0 aromatic rings. The highest BCUT2D eigenvalue weighted by atomic mass is 16.5. The fraction of sp³-hybridized carbons (Fsp3) is 0.692. The van der Waals surface area contributed by atoms with Crippen LogP contribution in [0.2, 0.25) is 0 Å². The van der Waals surface area contributed by atoms with Gasteiger partial charge in [-0.15, -0.1) is 0 Å². The van der Waals surface area contributed by atoms with E-state index in [-0.39, 0.29) is 24.2 Å². The molecule has 0 fully saturated rings. The van der Waals surface area contributed by atoms with E-state index in [9.17, 15) is 9.59 Å². The highest BCUT2D eigenvalue weighted by Gasteiger charge is 2.22. The Hall–Kier alpha value is -1.32. The number of rotatable bonds is 5. The van der Waals surface area contributed by atoms with Gasteiger partial charge in [-0.3, -0.25) is 9.59 Å². The zero-order valence-electron chi connectivity index (χ0n) is 10.6. The first kappa shape index (κ1) is 13.7. The summed E-state index contributed by atoms with van der Waals surface area (Å²) in [6, 6.07) is 0. The normalized spacial score (nSPS) is 18.8. The number of amides is 1. The van der Waals surface area contributed by atoms with Crippen LogP contribution in [0.25, 0.3) is 0 Å². The molecule has 0 aliphatic heterocycles. The molecular formula is C13H21NO3. The lowest BCUT2D eigenvalue weighted by Crippen LogP contribution is -2.35. The summed E-state index contributed by atoms with van der Waals surface area (Å²) in [7, 11) is 1.75. The third kappa shape index (κ3) is 4.59. The van der Waals surface area contributed by atoms with Crippen molar-refractivity contribution < 1.29 is 14.3 Å². The predicted octanol–water partition coefficient (Wildman–Crippen LogP) is 1.75. The second kappa shape index (κ2) is 7.09. The van der Waals surface area contributed by atoms with Gasteiger partial charge in [0.2, 0.25) is 5.91 Å². The van der Waals surface area contributed by atoms with Crippen molar-refractivity contribution in [3.8, 4) is 0 Å². The average Bonchev–Trinajstić information content (AvgIpc) is 2.36. The lowest BCUT2D eigenvalue weighted by molar-refractivity contribution is -0.144. The van der Waals surface area contributed by atoms with E-state index >= 15 is 0 Å². The zero-order valence-corrected chi connectivity index (χ0v) is 10.6. The maximum atomic E-state index is 12.0. The average molecular weight is 239 g/mol. The molecule has 96 valence electrons. The van der Waals surface area contributed by atoms with E-state index < -0.39 is 0 Å². The van der Waals surface area contributed by atoms with Gasteiger partial charge in [0, 0.05) is 19.5 Å². The molecule has 4 nitrogen and oxygen atoms in total. The van der Waals surface area contributed by atoms with Crippen molar-refractivity contribution in [2.75, 3.05) is 20.2 Å². The summed E-state index contributed by atoms with van der Waals surface area (Å²) >= 11 is 0. The third-order valence-electron chi connectivity index (χ3n) is 2.95. The Balaban J connectivity index is 2.31. The van der Waals surface area contributed by atoms with Gasteiger partial charge in [-0.05, 0) is 26.2 Å². The second-order valence-electron chi connectivity index (χ2n) is 4.30. The van der Waals surface area contributed by atoms with Crippen LogP contribution in [-0.2, 0) is 14.3 Å². The second-order valence-corrected chi connectivity index (χ2v) is 4.30. The number of carbonyl (C=O) groups excluding carboxylic acids is 2. The quantitative estimate of drug-likeness (QED) is 0.542. The molecule has 0 heterocycles. The summed E-state index contributed by atoms with van der Waals surface area (Å²) in [4.78, 5) is 24.8. The van der Waals surface area contributed by atoms with Crippen LogP contribution in [0.5, 0.6) is 0 Å². The van der Waals surface area contributed by atoms with Crippen molar-refractivity contribution in [2.24, 2.45) is 5.92 Å². The molecule has 1 atom stereocenters. The molecule has 0 spiro atoms. The Kier molecular flexibility index (Phi) is 5.73. The molecule has 17 heavy (non-hydrogen) atoms. The van der Waals surface area contributed by atoms with Crippen LogP contribution in [-0.4, -0.2) is 37.0 Å². The summed E-state index contributed by atoms with van der Waals surface area (Å²) in [5.74, 6) is -0.0125. The highest BCUT2D eigenvalue weighted by molar-refractivity contribution is 5.79. The topological polar surface area (TPSA) is 46.6 Å². The predicted molar refractivity (Wildman–Crippen MR) is 65.4 cm³/mol. The Bertz CT molecular complexity index is 299. The fourth-order valence-electron chi connectivity index (χ4n) is 1.93. The summed E-state index contributed by atoms with van der Waals surface area (Å²) in [5, 5.41) is 0. The number of esters is 1. The third-order valence-corrected chi connectivity index (χ3v) is 2.95. The first-order valence-corrected chi connectivity index (χ1v) is 6.20. The molecule has 1 aliphatic rings. The Morgan fingerprint density at radius 3 is 2.76 bits per heavy atom. The van der Waals surface area contributed by atoms with Gasteiger partial charge in [-0.2, -0.15) is 0 Å². The minimum absolute atomic E-state index is 0.0900. The summed E-state index contributed by atoms with van der Waals surface area (Å²) in [6.45, 7) is 2.61. The van der Waals surface area contributed by atoms with E-state index in [1.54, 1.807) is 18.9 Å². The number of nitrogens with zero attached hydrogens (tertiary/aromatic N) is 1. The van der Waals surface area contributed by atoms with Crippen LogP contribution in [0, 0.1) is 5.92 Å². The molecule has 1 rings (SSSR count). The van der Waals surface area contributed by atoms with Crippen LogP contribution >= 0.6 is 0 Å². The minimum atomic E-state index is -0.240. The molecule has 0 saturated carbocycles. The Morgan fingerprint density at radius 1 is 1.41 bits per heavy atom. The van der Waals surface area contributed by atoms with Gasteiger partial charge in [-0.1, -0.05) is 12.2 Å². The largest absolute Gasteiger partial charge is 0.466 e. The molecule has 0 aromatic carbocycles. The first-order valence-electron chi connectivity index (χ1n) is 6.20. The van der Waals surface area contributed by atoms with Crippen molar-refractivity contribution >= 4 is 11.9 Å². The van der Waals surface area contributed by atoms with Crippen LogP contribution in [0.3, 0.4) is 0 Å². The number of allylic oxidation sites excluding steroid dienone is 2. The molecule has 0 N–H and O–H groups in total. The van der Waals surface area contributed by atoms with Gasteiger partial charge >= 0.3 is 5.97 Å². The zero-order chi connectivity index (χ0) is 12.7. The molecule has 0 bridgehead atoms. The van der Waals surface area contributed by atoms with Crippen molar-refractivity contribution in [3.05, 3.63) is 12.2 Å². The standard InChI is InChI=1S/C13H21NO3/c1-3-17-12(15)9-10-14(2)13(16)11-7-5-4-6-8-11/h4-5,11H,3,6-10H2,1-2H3. The van der Waals surface area contributed by atoms with Gasteiger partial charge < -0.3 is 9.64 Å². The van der Waals surface area contributed by atoms with Crippen LogP contribution in [0.1, 0.15) is 32.6 Å². The van der Waals surface area contributed by atoms with Gasteiger partial charge in [-0.25, -0.2) is 0 Å². The van der Waals surface area contributed by atoms with Crippen molar-refractivity contribution in [2.45, 2.75) is 32.6 Å². The number of carbonyl (C=O) groups is 2. The first-order chi connectivity index (χ1) is 8.15. The number of hydrogen-bond acceptors (Lipinski definition) is 3. The molecule has 0 saturated heterocycles. The monoisotopic (exact) mass is 239 g/mol. The summed E-state index contributed by atoms with van der Waals surface area (Å²) in [5.41, 5.74) is 0. The van der Waals surface area contributed by atoms with Gasteiger partial charge in [0.25, 0.3) is 0 Å². The molecular weight excluding hydrogens is 218 g/mol. The lowest BCUT2D eigenvalue weighted by Gasteiger charge is -2.24. The molecule has 4 heteroatoms. The molecule has 1 unspecified atom stereocenters. The van der Waals surface area contributed by atoms with E-state index in [4.69, 9.17) is 4.74 Å². The SMILES string of the molecule is CCOC(=O)CCN(C)C(=O)C1CC=CCC1. The van der Waals surface area contributed by atoms with E-state index in [1.807, 2.05) is 0 Å². The molecule has 1 aliphatic carbocycles. The number of ether oxygens (including phenoxy) is 1. The minimum Gasteiger partial charge on any atom is -0.466 e. The summed E-state index contributed by atoms with van der Waals surface area (Å²) in [6.07, 6.45) is 7.16. The van der Waals surface area contributed by atoms with Crippen LogP contribution < -0.4 is 0 Å². The maximum Gasteiger partial charge on any atom is 0.307 e. The van der Waals surface area contributed by atoms with Crippen molar-refractivity contribution in [1.29, 1.82) is 0 Å². The Morgan fingerprint density at radius 2 is 2.18 bits per heavy atom. The molecule has 0 aromatic heterocycles. The van der Waals surface area contributed by atoms with E-state index in [1.165, 1.54) is 0 Å². The molecule has 1 amide bonds. The van der Waals surface area contributed by atoms with Crippen LogP contribution in [0.15, 0.2) is 12.2 Å². The van der Waals surface area contributed by atoms with Crippen molar-refractivity contribution in [1.82, 2.24) is 4.90 Å². The highest BCUT2D eigenvalue weighted by Crippen LogP contribution is 2.20. The fourth-order valence-corrected chi connectivity index (χ4v) is 1.93.